The van der Waals surface area contributed by atoms with Gasteiger partial charge in [-0.05, 0) is 43.1 Å². The summed E-state index contributed by atoms with van der Waals surface area (Å²) in [4.78, 5) is 29.8. The number of benzene rings is 1. The van der Waals surface area contributed by atoms with Gasteiger partial charge in [-0.1, -0.05) is 24.6 Å². The van der Waals surface area contributed by atoms with Crippen LogP contribution in [0.4, 0.5) is 5.95 Å². The Kier molecular flexibility index (Phi) is 8.33. The number of fused-ring (bicyclic) bond motifs is 1. The molecular weight excluding hydrogens is 496 g/mol. The Labute approximate surface area is 221 Å². The molecule has 0 atom stereocenters. The van der Waals surface area contributed by atoms with Crippen molar-refractivity contribution in [2.24, 2.45) is 0 Å². The van der Waals surface area contributed by atoms with Crippen molar-refractivity contribution < 1.29 is 9.53 Å². The number of nitrogens with one attached hydrogen (secondary N) is 1. The highest BCUT2D eigenvalue weighted by molar-refractivity contribution is 7.22. The molecule has 3 aromatic rings. The summed E-state index contributed by atoms with van der Waals surface area (Å²) < 4.78 is 6.41. The molecule has 0 radical (unpaired) electrons. The molecule has 1 amide bonds. The van der Waals surface area contributed by atoms with Crippen LogP contribution >= 0.6 is 22.9 Å². The second kappa shape index (κ2) is 11.8. The zero-order valence-electron chi connectivity index (χ0n) is 20.7. The summed E-state index contributed by atoms with van der Waals surface area (Å²) in [5.41, 5.74) is 1.41. The minimum Gasteiger partial charge on any atom is -0.378 e. The number of piperazine rings is 1. The van der Waals surface area contributed by atoms with Crippen LogP contribution in [0.15, 0.2) is 30.5 Å². The summed E-state index contributed by atoms with van der Waals surface area (Å²) in [6.45, 7) is 12.3. The molecule has 1 aromatic carbocycles. The Balaban J connectivity index is 1.22. The number of likely N-dealkylation sites (N-methyl/N-ethyl adjacent to an activating group) is 1. The van der Waals surface area contributed by atoms with Gasteiger partial charge in [-0.2, -0.15) is 0 Å². The van der Waals surface area contributed by atoms with E-state index >= 15 is 0 Å². The fraction of sp³-hybridized carbons (Fsp3) is 0.500. The third kappa shape index (κ3) is 5.98. The topological polar surface area (TPSA) is 73.8 Å². The lowest BCUT2D eigenvalue weighted by molar-refractivity contribution is 0.0303. The zero-order valence-corrected chi connectivity index (χ0v) is 22.3. The van der Waals surface area contributed by atoms with Crippen molar-refractivity contribution in [2.45, 2.75) is 13.3 Å². The van der Waals surface area contributed by atoms with Gasteiger partial charge in [-0.15, -0.1) is 11.3 Å². The van der Waals surface area contributed by atoms with Crippen molar-refractivity contribution in [3.63, 3.8) is 0 Å². The molecular formula is C26H33ClN6O2S. The van der Waals surface area contributed by atoms with E-state index in [1.165, 1.54) is 0 Å². The predicted molar refractivity (Wildman–Crippen MR) is 146 cm³/mol. The van der Waals surface area contributed by atoms with E-state index in [1.807, 2.05) is 23.1 Å². The summed E-state index contributed by atoms with van der Waals surface area (Å²) in [6.07, 6.45) is 2.70. The minimum atomic E-state index is 0.0500. The van der Waals surface area contributed by atoms with Crippen molar-refractivity contribution in [1.29, 1.82) is 0 Å². The van der Waals surface area contributed by atoms with Gasteiger partial charge in [0, 0.05) is 56.1 Å². The molecule has 0 unspecified atom stereocenters. The summed E-state index contributed by atoms with van der Waals surface area (Å²) >= 11 is 8.09. The van der Waals surface area contributed by atoms with Gasteiger partial charge in [-0.3, -0.25) is 4.79 Å². The third-order valence-corrected chi connectivity index (χ3v) is 8.27. The first kappa shape index (κ1) is 25.4. The highest BCUT2D eigenvalue weighted by Gasteiger charge is 2.20. The first-order valence-electron chi connectivity index (χ1n) is 12.7. The number of ether oxygens (including phenoxy) is 1. The highest BCUT2D eigenvalue weighted by Crippen LogP contribution is 2.36. The number of halogens is 1. The number of thiophene rings is 1. The van der Waals surface area contributed by atoms with Crippen molar-refractivity contribution in [2.75, 3.05) is 77.4 Å². The fourth-order valence-electron chi connectivity index (χ4n) is 4.69. The number of hydrogen-bond acceptors (Lipinski definition) is 8. The lowest BCUT2D eigenvalue weighted by Gasteiger charge is -2.33. The molecule has 2 aromatic heterocycles. The first-order valence-corrected chi connectivity index (χ1v) is 13.9. The summed E-state index contributed by atoms with van der Waals surface area (Å²) in [6, 6.07) is 7.94. The number of nitrogens with zero attached hydrogens (tertiary/aromatic N) is 5. The largest absolute Gasteiger partial charge is 0.378 e. The molecule has 2 fully saturated rings. The molecule has 192 valence electrons. The molecule has 2 saturated heterocycles. The van der Waals surface area contributed by atoms with Crippen LogP contribution in [0.2, 0.25) is 5.02 Å². The monoisotopic (exact) mass is 528 g/mol. The molecule has 2 aliphatic heterocycles. The summed E-state index contributed by atoms with van der Waals surface area (Å²) in [5, 5.41) is 4.95. The normalized spacial score (nSPS) is 17.6. The minimum absolute atomic E-state index is 0.0500. The zero-order chi connectivity index (χ0) is 24.9. The highest BCUT2D eigenvalue weighted by atomic mass is 35.5. The molecule has 0 bridgehead atoms. The number of carbonyl (C=O) groups is 1. The number of rotatable bonds is 8. The SMILES string of the molecule is CCN1CCN(CCCNc2ncc(Cl)c(-c3cc4ccc(C(=O)N5CCOCC5)cc4s3)n2)CC1. The van der Waals surface area contributed by atoms with Crippen LogP contribution in [-0.4, -0.2) is 103 Å². The van der Waals surface area contributed by atoms with Gasteiger partial charge in [0.05, 0.1) is 29.3 Å². The Morgan fingerprint density at radius 3 is 2.67 bits per heavy atom. The number of morpholine rings is 1. The van der Waals surface area contributed by atoms with E-state index in [4.69, 9.17) is 21.3 Å². The molecule has 8 nitrogen and oxygen atoms in total. The molecule has 2 aliphatic rings. The molecule has 4 heterocycles. The average Bonchev–Trinajstić information content (AvgIpc) is 3.35. The van der Waals surface area contributed by atoms with E-state index in [9.17, 15) is 4.79 Å². The molecule has 1 N–H and O–H groups in total. The van der Waals surface area contributed by atoms with Crippen molar-refractivity contribution in [3.8, 4) is 10.6 Å². The number of amides is 1. The van der Waals surface area contributed by atoms with Crippen molar-refractivity contribution in [3.05, 3.63) is 41.0 Å². The fourth-order valence-corrected chi connectivity index (χ4v) is 6.04. The molecule has 36 heavy (non-hydrogen) atoms. The number of aromatic nitrogens is 2. The van der Waals surface area contributed by atoms with Crippen LogP contribution in [0.5, 0.6) is 0 Å². The van der Waals surface area contributed by atoms with E-state index in [-0.39, 0.29) is 5.91 Å². The maximum Gasteiger partial charge on any atom is 0.254 e. The smallest absolute Gasteiger partial charge is 0.254 e. The van der Waals surface area contributed by atoms with E-state index < -0.39 is 0 Å². The van der Waals surface area contributed by atoms with Gasteiger partial charge in [0.25, 0.3) is 5.91 Å². The van der Waals surface area contributed by atoms with Crippen LogP contribution in [0.1, 0.15) is 23.7 Å². The maximum absolute atomic E-state index is 12.9. The summed E-state index contributed by atoms with van der Waals surface area (Å²) in [5.74, 6) is 0.639. The number of anilines is 1. The summed E-state index contributed by atoms with van der Waals surface area (Å²) in [7, 11) is 0. The van der Waals surface area contributed by atoms with Gasteiger partial charge in [0.1, 0.15) is 5.69 Å². The molecule has 0 spiro atoms. The van der Waals surface area contributed by atoms with Crippen LogP contribution in [0.3, 0.4) is 0 Å². The van der Waals surface area contributed by atoms with Gasteiger partial charge in [-0.25, -0.2) is 9.97 Å². The van der Waals surface area contributed by atoms with E-state index in [0.29, 0.717) is 48.5 Å². The number of hydrogen-bond donors (Lipinski definition) is 1. The second-order valence-electron chi connectivity index (χ2n) is 9.21. The van der Waals surface area contributed by atoms with Gasteiger partial charge in [0.15, 0.2) is 0 Å². The molecule has 10 heteroatoms. The third-order valence-electron chi connectivity index (χ3n) is 6.89. The molecule has 0 aliphatic carbocycles. The van der Waals surface area contributed by atoms with E-state index in [2.05, 4.69) is 33.1 Å². The van der Waals surface area contributed by atoms with E-state index in [0.717, 1.165) is 67.2 Å². The lowest BCUT2D eigenvalue weighted by Crippen LogP contribution is -2.46. The lowest BCUT2D eigenvalue weighted by atomic mass is 10.1. The van der Waals surface area contributed by atoms with Crippen molar-refractivity contribution >= 4 is 44.9 Å². The Morgan fingerprint density at radius 2 is 1.89 bits per heavy atom. The Morgan fingerprint density at radius 1 is 1.11 bits per heavy atom. The predicted octanol–water partition coefficient (Wildman–Crippen LogP) is 3.92. The average molecular weight is 529 g/mol. The van der Waals surface area contributed by atoms with Crippen LogP contribution < -0.4 is 5.32 Å². The molecule has 5 rings (SSSR count). The first-order chi connectivity index (χ1) is 17.6. The van der Waals surface area contributed by atoms with Crippen LogP contribution in [0.25, 0.3) is 20.7 Å². The van der Waals surface area contributed by atoms with Gasteiger partial charge < -0.3 is 24.8 Å². The van der Waals surface area contributed by atoms with Crippen LogP contribution in [-0.2, 0) is 4.74 Å². The van der Waals surface area contributed by atoms with E-state index in [1.54, 1.807) is 17.5 Å². The quantitative estimate of drug-likeness (QED) is 0.444. The molecule has 0 saturated carbocycles. The van der Waals surface area contributed by atoms with Gasteiger partial charge >= 0.3 is 0 Å². The number of carbonyl (C=O) groups excluding carboxylic acids is 1. The Bertz CT molecular complexity index is 1190. The Hall–Kier alpha value is -2.30. The standard InChI is InChI=1S/C26H33ClN6O2S/c1-2-31-8-10-32(11-9-31)7-3-6-28-26-29-18-21(27)24(30-26)23-16-19-4-5-20(17-22(19)36-23)25(34)33-12-14-35-15-13-33/h4-5,16-18H,2-3,6-15H2,1H3,(H,28,29,30). The van der Waals surface area contributed by atoms with Crippen molar-refractivity contribution in [1.82, 2.24) is 24.7 Å². The van der Waals surface area contributed by atoms with Gasteiger partial charge in [0.2, 0.25) is 5.95 Å². The second-order valence-corrected chi connectivity index (χ2v) is 10.7. The maximum atomic E-state index is 12.9. The van der Waals surface area contributed by atoms with Crippen LogP contribution in [0, 0.1) is 0 Å².